The number of aryl methyl sites for hydroxylation is 1. The molecule has 0 aromatic carbocycles. The van der Waals surface area contributed by atoms with Gasteiger partial charge in [0.15, 0.2) is 0 Å². The summed E-state index contributed by atoms with van der Waals surface area (Å²) in [6.07, 6.45) is 9.89. The number of hydrogen-bond acceptors (Lipinski definition) is 5. The van der Waals surface area contributed by atoms with Gasteiger partial charge in [-0.2, -0.15) is 0 Å². The molecule has 7 heteroatoms. The molecule has 5 atom stereocenters. The Morgan fingerprint density at radius 2 is 1.83 bits per heavy atom. The van der Waals surface area contributed by atoms with Crippen LogP contribution in [0.25, 0.3) is 0 Å². The topological polar surface area (TPSA) is 92.7 Å². The fourth-order valence-corrected chi connectivity index (χ4v) is 6.36. The van der Waals surface area contributed by atoms with Crippen molar-refractivity contribution in [1.29, 1.82) is 0 Å². The van der Waals surface area contributed by atoms with Crippen LogP contribution in [-0.2, 0) is 27.2 Å². The van der Waals surface area contributed by atoms with Crippen LogP contribution < -0.4 is 5.32 Å². The van der Waals surface area contributed by atoms with Crippen LogP contribution >= 0.6 is 11.3 Å². The minimum atomic E-state index is -0.920. The number of carboxylic acids is 1. The number of nitrogens with one attached hydrogen (secondary N) is 1. The van der Waals surface area contributed by atoms with E-state index in [-0.39, 0.29) is 29.8 Å². The van der Waals surface area contributed by atoms with Gasteiger partial charge in [0, 0.05) is 4.88 Å². The Balaban J connectivity index is 1.63. The lowest BCUT2D eigenvalue weighted by Gasteiger charge is -2.41. The van der Waals surface area contributed by atoms with Gasteiger partial charge in [-0.15, -0.1) is 11.3 Å². The molecule has 1 aromatic rings. The number of allylic oxidation sites excluding steroid dienone is 2. The second-order valence-electron chi connectivity index (χ2n) is 8.71. The van der Waals surface area contributed by atoms with E-state index in [0.29, 0.717) is 10.6 Å². The predicted octanol–water partition coefficient (Wildman–Crippen LogP) is 4.43. The van der Waals surface area contributed by atoms with Gasteiger partial charge in [0.25, 0.3) is 0 Å². The number of aliphatic carboxylic acids is 1. The average Bonchev–Trinajstić information content (AvgIpc) is 3.11. The van der Waals surface area contributed by atoms with Crippen LogP contribution in [0.5, 0.6) is 0 Å². The van der Waals surface area contributed by atoms with E-state index in [2.05, 4.69) is 5.32 Å². The second kappa shape index (κ2) is 8.53. The standard InChI is InChI=1S/C23H29NO5S/c1-3-12(2)29-23(28)19-15-6-4-5-7-16(15)30-21(19)24-20(25)17-13-8-10-14(11-9-13)18(17)22(26)27/h8,10,12-14,17-18H,3-7,9,11H2,1-2H3,(H,24,25)(H,26,27)/t12-,13-,14+,17-,18+/m1/s1. The number of amides is 1. The monoisotopic (exact) mass is 431 g/mol. The molecule has 0 spiro atoms. The van der Waals surface area contributed by atoms with Crippen LogP contribution in [0.2, 0.25) is 0 Å². The van der Waals surface area contributed by atoms with Gasteiger partial charge in [-0.1, -0.05) is 19.1 Å². The Labute approximate surface area is 180 Å². The molecule has 6 nitrogen and oxygen atoms in total. The zero-order chi connectivity index (χ0) is 21.4. The highest BCUT2D eigenvalue weighted by Crippen LogP contribution is 2.46. The van der Waals surface area contributed by atoms with Gasteiger partial charge in [0.1, 0.15) is 5.00 Å². The van der Waals surface area contributed by atoms with Gasteiger partial charge in [0.2, 0.25) is 5.91 Å². The predicted molar refractivity (Wildman–Crippen MR) is 115 cm³/mol. The minimum Gasteiger partial charge on any atom is -0.481 e. The molecular formula is C23H29NO5S. The van der Waals surface area contributed by atoms with Crippen LogP contribution in [-0.4, -0.2) is 29.1 Å². The largest absolute Gasteiger partial charge is 0.481 e. The van der Waals surface area contributed by atoms with Gasteiger partial charge < -0.3 is 15.2 Å². The zero-order valence-corrected chi connectivity index (χ0v) is 18.3. The first kappa shape index (κ1) is 21.1. The molecule has 0 saturated heterocycles. The van der Waals surface area contributed by atoms with Gasteiger partial charge >= 0.3 is 11.9 Å². The average molecular weight is 432 g/mol. The third kappa shape index (κ3) is 3.80. The number of rotatable bonds is 6. The SMILES string of the molecule is CC[C@@H](C)OC(=O)c1c(NC(=O)[C@H]2[C@@H](C(=O)O)[C@H]3C=C[C@@H]2CC3)sc2c1CCCC2. The molecule has 5 rings (SSSR count). The maximum absolute atomic E-state index is 13.3. The molecule has 0 radical (unpaired) electrons. The third-order valence-electron chi connectivity index (χ3n) is 6.83. The van der Waals surface area contributed by atoms with E-state index in [0.717, 1.165) is 55.4 Å². The van der Waals surface area contributed by atoms with Gasteiger partial charge in [0.05, 0.1) is 23.5 Å². The molecule has 2 N–H and O–H groups in total. The van der Waals surface area contributed by atoms with Crippen LogP contribution in [0.3, 0.4) is 0 Å². The lowest BCUT2D eigenvalue weighted by Crippen LogP contribution is -2.47. The van der Waals surface area contributed by atoms with Crippen molar-refractivity contribution in [3.05, 3.63) is 28.2 Å². The minimum absolute atomic E-state index is 0.0683. The number of carboxylic acid groups (broad SMARTS) is 1. The maximum atomic E-state index is 13.3. The van der Waals surface area contributed by atoms with Crippen molar-refractivity contribution >= 4 is 34.2 Å². The molecule has 2 bridgehead atoms. The van der Waals surface area contributed by atoms with E-state index in [1.807, 2.05) is 26.0 Å². The number of carbonyl (C=O) groups is 3. The Kier molecular flexibility index (Phi) is 6.00. The number of anilines is 1. The molecule has 1 heterocycles. The van der Waals surface area contributed by atoms with E-state index in [9.17, 15) is 19.5 Å². The Morgan fingerprint density at radius 1 is 1.17 bits per heavy atom. The lowest BCUT2D eigenvalue weighted by atomic mass is 9.62. The summed E-state index contributed by atoms with van der Waals surface area (Å²) in [7, 11) is 0. The number of carbonyl (C=O) groups excluding carboxylic acids is 2. The first-order valence-electron chi connectivity index (χ1n) is 11.0. The van der Waals surface area contributed by atoms with Crippen molar-refractivity contribution in [1.82, 2.24) is 0 Å². The van der Waals surface area contributed by atoms with Crippen molar-refractivity contribution in [2.24, 2.45) is 23.7 Å². The van der Waals surface area contributed by atoms with E-state index < -0.39 is 17.8 Å². The molecule has 1 aromatic heterocycles. The molecule has 30 heavy (non-hydrogen) atoms. The van der Waals surface area contributed by atoms with Crippen molar-refractivity contribution in [3.63, 3.8) is 0 Å². The van der Waals surface area contributed by atoms with E-state index in [1.54, 1.807) is 0 Å². The Bertz CT molecular complexity index is 888. The summed E-state index contributed by atoms with van der Waals surface area (Å²) < 4.78 is 5.60. The fraction of sp³-hybridized carbons (Fsp3) is 0.609. The molecule has 162 valence electrons. The van der Waals surface area contributed by atoms with Crippen LogP contribution in [0.4, 0.5) is 5.00 Å². The molecule has 4 aliphatic rings. The highest BCUT2D eigenvalue weighted by molar-refractivity contribution is 7.17. The summed E-state index contributed by atoms with van der Waals surface area (Å²) in [5, 5.41) is 13.2. The van der Waals surface area contributed by atoms with Gasteiger partial charge in [-0.3, -0.25) is 9.59 Å². The molecule has 1 saturated carbocycles. The van der Waals surface area contributed by atoms with Crippen molar-refractivity contribution < 1.29 is 24.2 Å². The summed E-state index contributed by atoms with van der Waals surface area (Å²) in [5.74, 6) is -3.09. The molecule has 0 aliphatic heterocycles. The van der Waals surface area contributed by atoms with Crippen molar-refractivity contribution in [2.75, 3.05) is 5.32 Å². The lowest BCUT2D eigenvalue weighted by molar-refractivity contribution is -0.151. The normalized spacial score (nSPS) is 27.9. The maximum Gasteiger partial charge on any atom is 0.341 e. The number of esters is 1. The van der Waals surface area contributed by atoms with Gasteiger partial charge in [-0.25, -0.2) is 4.79 Å². The number of thiophene rings is 1. The van der Waals surface area contributed by atoms with E-state index >= 15 is 0 Å². The summed E-state index contributed by atoms with van der Waals surface area (Å²) in [4.78, 5) is 39.3. The fourth-order valence-electron chi connectivity index (χ4n) is 5.08. The number of ether oxygens (including phenoxy) is 1. The molecular weight excluding hydrogens is 402 g/mol. The van der Waals surface area contributed by atoms with Crippen molar-refractivity contribution in [3.8, 4) is 0 Å². The highest BCUT2D eigenvalue weighted by atomic mass is 32.1. The first-order chi connectivity index (χ1) is 14.4. The molecule has 1 fully saturated rings. The summed E-state index contributed by atoms with van der Waals surface area (Å²) in [6, 6.07) is 0. The van der Waals surface area contributed by atoms with Crippen LogP contribution in [0.1, 0.15) is 66.8 Å². The summed E-state index contributed by atoms with van der Waals surface area (Å²) in [5.41, 5.74) is 1.47. The Morgan fingerprint density at radius 3 is 2.47 bits per heavy atom. The molecule has 1 amide bonds. The van der Waals surface area contributed by atoms with E-state index in [4.69, 9.17) is 4.74 Å². The smallest absolute Gasteiger partial charge is 0.341 e. The van der Waals surface area contributed by atoms with Crippen LogP contribution in [0, 0.1) is 23.7 Å². The zero-order valence-electron chi connectivity index (χ0n) is 17.5. The summed E-state index contributed by atoms with van der Waals surface area (Å²) in [6.45, 7) is 3.82. The van der Waals surface area contributed by atoms with Gasteiger partial charge in [-0.05, 0) is 69.3 Å². The third-order valence-corrected chi connectivity index (χ3v) is 8.04. The summed E-state index contributed by atoms with van der Waals surface area (Å²) >= 11 is 1.45. The number of fused-ring (bicyclic) bond motifs is 3. The quantitative estimate of drug-likeness (QED) is 0.513. The second-order valence-corrected chi connectivity index (χ2v) is 9.81. The van der Waals surface area contributed by atoms with Crippen LogP contribution in [0.15, 0.2) is 12.2 Å². The Hall–Kier alpha value is -2.15. The van der Waals surface area contributed by atoms with E-state index in [1.165, 1.54) is 11.3 Å². The highest BCUT2D eigenvalue weighted by Gasteiger charge is 2.48. The molecule has 0 unspecified atom stereocenters. The number of hydrogen-bond donors (Lipinski definition) is 2. The first-order valence-corrected chi connectivity index (χ1v) is 11.8. The van der Waals surface area contributed by atoms with Crippen molar-refractivity contribution in [2.45, 2.75) is 64.9 Å². The molecule has 4 aliphatic carbocycles.